The zero-order valence-corrected chi connectivity index (χ0v) is 14.7. The zero-order valence-electron chi connectivity index (χ0n) is 13.2. The van der Waals surface area contributed by atoms with E-state index in [1.807, 2.05) is 18.7 Å². The normalized spacial score (nSPS) is 24.2. The fourth-order valence-corrected chi connectivity index (χ4v) is 3.73. The van der Waals surface area contributed by atoms with Gasteiger partial charge in [0.15, 0.2) is 0 Å². The largest absolute Gasteiger partial charge is 0.299 e. The summed E-state index contributed by atoms with van der Waals surface area (Å²) >= 11 is 3.61. The number of nitrogens with zero attached hydrogens (tertiary/aromatic N) is 2. The van der Waals surface area contributed by atoms with Crippen molar-refractivity contribution in [1.82, 2.24) is 9.78 Å². The topological polar surface area (TPSA) is 34.9 Å². The van der Waals surface area contributed by atoms with Crippen LogP contribution < -0.4 is 0 Å². The molecule has 0 radical (unpaired) electrons. The van der Waals surface area contributed by atoms with Gasteiger partial charge in [0.25, 0.3) is 0 Å². The van der Waals surface area contributed by atoms with Gasteiger partial charge in [-0.15, -0.1) is 0 Å². The van der Waals surface area contributed by atoms with E-state index in [9.17, 15) is 4.79 Å². The molecule has 0 amide bonds. The molecule has 1 saturated carbocycles. The molecule has 112 valence electrons. The lowest BCUT2D eigenvalue weighted by Crippen LogP contribution is -2.33. The molecule has 1 fully saturated rings. The lowest BCUT2D eigenvalue weighted by Gasteiger charge is -2.37. The summed E-state index contributed by atoms with van der Waals surface area (Å²) in [6.45, 7) is 8.85. The Kier molecular flexibility index (Phi) is 4.43. The highest BCUT2D eigenvalue weighted by molar-refractivity contribution is 9.10. The van der Waals surface area contributed by atoms with E-state index >= 15 is 0 Å². The number of hydrogen-bond acceptors (Lipinski definition) is 2. The van der Waals surface area contributed by atoms with Crippen molar-refractivity contribution >= 4 is 21.7 Å². The standard InChI is InChI=1S/C16H25BrN2O/c1-10-15(17)13(19(5)18-10)9-11-8-12(16(2,3)4)6-7-14(11)20/h11-12H,6-9H2,1-5H3. The highest BCUT2D eigenvalue weighted by Crippen LogP contribution is 2.40. The number of carbonyl (C=O) groups is 1. The maximum atomic E-state index is 12.3. The Morgan fingerprint density at radius 2 is 2.05 bits per heavy atom. The molecule has 1 heterocycles. The first-order valence-corrected chi connectivity index (χ1v) is 8.20. The van der Waals surface area contributed by atoms with Crippen molar-refractivity contribution in [2.45, 2.75) is 53.4 Å². The number of ketones is 1. The fourth-order valence-electron chi connectivity index (χ4n) is 3.23. The van der Waals surface area contributed by atoms with E-state index in [4.69, 9.17) is 0 Å². The monoisotopic (exact) mass is 340 g/mol. The minimum atomic E-state index is 0.152. The molecule has 1 aromatic heterocycles. The van der Waals surface area contributed by atoms with Crippen LogP contribution in [0.25, 0.3) is 0 Å². The van der Waals surface area contributed by atoms with Crippen LogP contribution in [0.2, 0.25) is 0 Å². The lowest BCUT2D eigenvalue weighted by molar-refractivity contribution is -0.126. The van der Waals surface area contributed by atoms with Gasteiger partial charge in [0.1, 0.15) is 5.78 Å². The van der Waals surface area contributed by atoms with Gasteiger partial charge in [0, 0.05) is 25.8 Å². The number of carbonyl (C=O) groups excluding carboxylic acids is 1. The second-order valence-corrected chi connectivity index (χ2v) is 7.97. The van der Waals surface area contributed by atoms with Gasteiger partial charge in [0.05, 0.1) is 15.9 Å². The van der Waals surface area contributed by atoms with E-state index < -0.39 is 0 Å². The Hall–Kier alpha value is -0.640. The molecule has 2 atom stereocenters. The third-order valence-electron chi connectivity index (χ3n) is 4.69. The first kappa shape index (κ1) is 15.7. The Bertz CT molecular complexity index is 513. The Morgan fingerprint density at radius 3 is 2.55 bits per heavy atom. The van der Waals surface area contributed by atoms with Crippen molar-refractivity contribution < 1.29 is 4.79 Å². The Morgan fingerprint density at radius 1 is 1.40 bits per heavy atom. The molecule has 1 aromatic rings. The predicted molar refractivity (Wildman–Crippen MR) is 84.6 cm³/mol. The summed E-state index contributed by atoms with van der Waals surface area (Å²) in [5.74, 6) is 1.22. The van der Waals surface area contributed by atoms with E-state index in [2.05, 4.69) is 41.8 Å². The van der Waals surface area contributed by atoms with Gasteiger partial charge in [-0.05, 0) is 47.0 Å². The number of Topliss-reactive ketones (excluding diaryl/α,β-unsaturated/α-hetero) is 1. The van der Waals surface area contributed by atoms with Crippen molar-refractivity contribution in [3.63, 3.8) is 0 Å². The van der Waals surface area contributed by atoms with Gasteiger partial charge in [-0.2, -0.15) is 5.10 Å². The third kappa shape index (κ3) is 3.16. The molecule has 1 aliphatic carbocycles. The van der Waals surface area contributed by atoms with Crippen LogP contribution in [-0.4, -0.2) is 15.6 Å². The molecule has 0 aromatic carbocycles. The number of halogens is 1. The molecule has 1 aliphatic rings. The smallest absolute Gasteiger partial charge is 0.136 e. The molecule has 0 aliphatic heterocycles. The summed E-state index contributed by atoms with van der Waals surface area (Å²) < 4.78 is 2.97. The van der Waals surface area contributed by atoms with Gasteiger partial charge >= 0.3 is 0 Å². The molecule has 0 N–H and O–H groups in total. The number of rotatable bonds is 2. The average molecular weight is 341 g/mol. The van der Waals surface area contributed by atoms with Gasteiger partial charge in [-0.3, -0.25) is 9.48 Å². The second kappa shape index (κ2) is 5.63. The maximum Gasteiger partial charge on any atom is 0.136 e. The van der Waals surface area contributed by atoms with Crippen molar-refractivity contribution in [2.75, 3.05) is 0 Å². The second-order valence-electron chi connectivity index (χ2n) is 7.17. The molecule has 2 rings (SSSR count). The van der Waals surface area contributed by atoms with Crippen LogP contribution in [0.15, 0.2) is 4.47 Å². The Balaban J connectivity index is 2.17. The van der Waals surface area contributed by atoms with Gasteiger partial charge in [-0.1, -0.05) is 20.8 Å². The van der Waals surface area contributed by atoms with E-state index in [1.165, 1.54) is 0 Å². The molecular formula is C16H25BrN2O. The SMILES string of the molecule is Cc1nn(C)c(CC2CC(C(C)(C)C)CCC2=O)c1Br. The number of aryl methyl sites for hydroxylation is 2. The summed E-state index contributed by atoms with van der Waals surface area (Å²) in [7, 11) is 1.96. The first-order valence-electron chi connectivity index (χ1n) is 7.40. The quantitative estimate of drug-likeness (QED) is 0.813. The molecule has 3 nitrogen and oxygen atoms in total. The van der Waals surface area contributed by atoms with Crippen LogP contribution in [0, 0.1) is 24.2 Å². The van der Waals surface area contributed by atoms with Crippen molar-refractivity contribution in [2.24, 2.45) is 24.3 Å². The highest BCUT2D eigenvalue weighted by Gasteiger charge is 2.35. The molecule has 20 heavy (non-hydrogen) atoms. The van der Waals surface area contributed by atoms with Gasteiger partial charge in [-0.25, -0.2) is 0 Å². The molecular weight excluding hydrogens is 316 g/mol. The summed E-state index contributed by atoms with van der Waals surface area (Å²) in [5, 5.41) is 4.43. The summed E-state index contributed by atoms with van der Waals surface area (Å²) in [4.78, 5) is 12.3. The lowest BCUT2D eigenvalue weighted by atomic mass is 9.68. The predicted octanol–water partition coefficient (Wildman–Crippen LogP) is 4.07. The molecule has 2 unspecified atom stereocenters. The van der Waals surface area contributed by atoms with Gasteiger partial charge < -0.3 is 0 Å². The van der Waals surface area contributed by atoms with E-state index in [0.717, 1.165) is 41.5 Å². The highest BCUT2D eigenvalue weighted by atomic mass is 79.9. The van der Waals surface area contributed by atoms with E-state index in [0.29, 0.717) is 17.1 Å². The van der Waals surface area contributed by atoms with Crippen LogP contribution in [-0.2, 0) is 18.3 Å². The van der Waals surface area contributed by atoms with Crippen LogP contribution in [0.5, 0.6) is 0 Å². The number of hydrogen-bond donors (Lipinski definition) is 0. The van der Waals surface area contributed by atoms with E-state index in [-0.39, 0.29) is 5.92 Å². The number of aromatic nitrogens is 2. The summed E-state index contributed by atoms with van der Waals surface area (Å²) in [6, 6.07) is 0. The van der Waals surface area contributed by atoms with Gasteiger partial charge in [0.2, 0.25) is 0 Å². The summed E-state index contributed by atoms with van der Waals surface area (Å²) in [6.07, 6.45) is 3.60. The van der Waals surface area contributed by atoms with Crippen molar-refractivity contribution in [1.29, 1.82) is 0 Å². The van der Waals surface area contributed by atoms with Crippen LogP contribution in [0.4, 0.5) is 0 Å². The van der Waals surface area contributed by atoms with E-state index in [1.54, 1.807) is 0 Å². The zero-order chi connectivity index (χ0) is 15.1. The minimum absolute atomic E-state index is 0.152. The molecule has 0 bridgehead atoms. The minimum Gasteiger partial charge on any atom is -0.299 e. The first-order chi connectivity index (χ1) is 9.20. The molecule has 4 heteroatoms. The maximum absolute atomic E-state index is 12.3. The Labute approximate surface area is 130 Å². The molecule has 0 spiro atoms. The summed E-state index contributed by atoms with van der Waals surface area (Å²) in [5.41, 5.74) is 2.44. The third-order valence-corrected chi connectivity index (χ3v) is 5.72. The van der Waals surface area contributed by atoms with Crippen LogP contribution >= 0.6 is 15.9 Å². The van der Waals surface area contributed by atoms with Crippen LogP contribution in [0.3, 0.4) is 0 Å². The van der Waals surface area contributed by atoms with Crippen molar-refractivity contribution in [3.05, 3.63) is 15.9 Å². The van der Waals surface area contributed by atoms with Crippen LogP contribution in [0.1, 0.15) is 51.4 Å². The fraction of sp³-hybridized carbons (Fsp3) is 0.750. The average Bonchev–Trinajstić information content (AvgIpc) is 2.57. The molecule has 0 saturated heterocycles. The van der Waals surface area contributed by atoms with Crippen molar-refractivity contribution in [3.8, 4) is 0 Å².